The highest BCUT2D eigenvalue weighted by Crippen LogP contribution is 2.29. The number of nitrogens with zero attached hydrogens (tertiary/aromatic N) is 3. The third-order valence-electron chi connectivity index (χ3n) is 4.40. The van der Waals surface area contributed by atoms with Gasteiger partial charge in [0.2, 0.25) is 0 Å². The Labute approximate surface area is 112 Å². The Hall–Kier alpha value is -1.30. The average Bonchev–Trinajstić information content (AvgIpc) is 3.12. The minimum absolute atomic E-state index is 0.0727. The van der Waals surface area contributed by atoms with E-state index in [-0.39, 0.29) is 18.6 Å². The van der Waals surface area contributed by atoms with Gasteiger partial charge in [-0.25, -0.2) is 4.79 Å². The van der Waals surface area contributed by atoms with Crippen LogP contribution in [0.2, 0.25) is 0 Å². The highest BCUT2D eigenvalue weighted by atomic mass is 16.4. The van der Waals surface area contributed by atoms with Crippen LogP contribution in [0.3, 0.4) is 0 Å². The quantitative estimate of drug-likeness (QED) is 0.805. The van der Waals surface area contributed by atoms with Crippen LogP contribution in [-0.2, 0) is 4.79 Å². The summed E-state index contributed by atoms with van der Waals surface area (Å²) in [5, 5.41) is 8.94. The molecule has 106 valence electrons. The Bertz CT molecular complexity index is 383. The first kappa shape index (κ1) is 12.7. The van der Waals surface area contributed by atoms with E-state index in [0.29, 0.717) is 6.04 Å². The van der Waals surface area contributed by atoms with Crippen molar-refractivity contribution in [2.75, 3.05) is 32.7 Å². The third kappa shape index (κ3) is 2.68. The monoisotopic (exact) mass is 267 g/mol. The normalized spacial score (nSPS) is 27.2. The fourth-order valence-electron chi connectivity index (χ4n) is 3.23. The molecule has 2 heterocycles. The molecule has 3 fully saturated rings. The van der Waals surface area contributed by atoms with E-state index in [1.54, 1.807) is 4.90 Å². The van der Waals surface area contributed by atoms with Crippen LogP contribution in [0.4, 0.5) is 4.79 Å². The maximum atomic E-state index is 12.5. The van der Waals surface area contributed by atoms with Crippen molar-refractivity contribution >= 4 is 12.0 Å². The van der Waals surface area contributed by atoms with Gasteiger partial charge in [-0.05, 0) is 32.2 Å². The Morgan fingerprint density at radius 3 is 2.63 bits per heavy atom. The van der Waals surface area contributed by atoms with Crippen molar-refractivity contribution in [2.45, 2.75) is 37.8 Å². The number of amides is 2. The molecule has 0 aromatic rings. The number of carbonyl (C=O) groups is 2. The van der Waals surface area contributed by atoms with Crippen molar-refractivity contribution in [1.82, 2.24) is 14.7 Å². The Balaban J connectivity index is 1.63. The molecule has 3 aliphatic rings. The van der Waals surface area contributed by atoms with Gasteiger partial charge in [0.05, 0.1) is 0 Å². The molecule has 2 amide bonds. The number of urea groups is 1. The first-order chi connectivity index (χ1) is 9.15. The summed E-state index contributed by atoms with van der Waals surface area (Å²) in [6.07, 6.45) is 4.27. The number of fused-ring (bicyclic) bond motifs is 1. The van der Waals surface area contributed by atoms with Gasteiger partial charge in [0.1, 0.15) is 6.54 Å². The van der Waals surface area contributed by atoms with Crippen LogP contribution in [0.15, 0.2) is 0 Å². The lowest BCUT2D eigenvalue weighted by Crippen LogP contribution is -2.56. The second-order valence-corrected chi connectivity index (χ2v) is 5.81. The second-order valence-electron chi connectivity index (χ2n) is 5.81. The number of carbonyl (C=O) groups excluding carboxylic acids is 1. The van der Waals surface area contributed by atoms with E-state index in [2.05, 4.69) is 4.90 Å². The highest BCUT2D eigenvalue weighted by Gasteiger charge is 2.39. The summed E-state index contributed by atoms with van der Waals surface area (Å²) in [7, 11) is 0. The van der Waals surface area contributed by atoms with E-state index in [1.807, 2.05) is 4.90 Å². The van der Waals surface area contributed by atoms with Gasteiger partial charge in [0.25, 0.3) is 0 Å². The lowest BCUT2D eigenvalue weighted by molar-refractivity contribution is -0.137. The molecule has 3 rings (SSSR count). The number of carboxylic acids is 1. The Morgan fingerprint density at radius 1 is 1.16 bits per heavy atom. The van der Waals surface area contributed by atoms with Gasteiger partial charge in [-0.3, -0.25) is 9.69 Å². The Morgan fingerprint density at radius 2 is 1.95 bits per heavy atom. The maximum absolute atomic E-state index is 12.5. The molecule has 0 bridgehead atoms. The lowest BCUT2D eigenvalue weighted by atomic mass is 10.1. The average molecular weight is 267 g/mol. The molecule has 6 nitrogen and oxygen atoms in total. The van der Waals surface area contributed by atoms with Crippen molar-refractivity contribution in [2.24, 2.45) is 0 Å². The van der Waals surface area contributed by atoms with E-state index >= 15 is 0 Å². The molecular formula is C13H21N3O3. The summed E-state index contributed by atoms with van der Waals surface area (Å²) in [6.45, 7) is 3.42. The number of piperazine rings is 1. The van der Waals surface area contributed by atoms with Crippen LogP contribution in [0.25, 0.3) is 0 Å². The van der Waals surface area contributed by atoms with E-state index in [0.717, 1.165) is 45.4 Å². The summed E-state index contributed by atoms with van der Waals surface area (Å²) < 4.78 is 0. The summed E-state index contributed by atoms with van der Waals surface area (Å²) >= 11 is 0. The first-order valence-corrected chi connectivity index (χ1v) is 7.16. The van der Waals surface area contributed by atoms with Gasteiger partial charge < -0.3 is 14.9 Å². The number of hydrogen-bond donors (Lipinski definition) is 1. The topological polar surface area (TPSA) is 64.1 Å². The highest BCUT2D eigenvalue weighted by molar-refractivity contribution is 5.81. The van der Waals surface area contributed by atoms with Crippen molar-refractivity contribution in [3.05, 3.63) is 0 Å². The van der Waals surface area contributed by atoms with E-state index in [1.165, 1.54) is 6.42 Å². The largest absolute Gasteiger partial charge is 0.480 e. The molecule has 1 atom stereocenters. The molecule has 0 radical (unpaired) electrons. The molecule has 2 saturated heterocycles. The van der Waals surface area contributed by atoms with Crippen LogP contribution >= 0.6 is 0 Å². The minimum Gasteiger partial charge on any atom is -0.480 e. The fourth-order valence-corrected chi connectivity index (χ4v) is 3.23. The van der Waals surface area contributed by atoms with Crippen LogP contribution in [-0.4, -0.2) is 76.6 Å². The molecule has 0 spiro atoms. The zero-order valence-corrected chi connectivity index (χ0v) is 11.1. The Kier molecular flexibility index (Phi) is 3.35. The van der Waals surface area contributed by atoms with Crippen LogP contribution in [0.1, 0.15) is 25.7 Å². The molecule has 1 unspecified atom stereocenters. The number of hydrogen-bond acceptors (Lipinski definition) is 3. The standard InChI is InChI=1S/C13H21N3O3/c17-12(18)9-16(10-3-4-10)13(19)15-7-6-14-5-1-2-11(14)8-15/h10-11H,1-9H2,(H,17,18). The van der Waals surface area contributed by atoms with Gasteiger partial charge >= 0.3 is 12.0 Å². The lowest BCUT2D eigenvalue weighted by Gasteiger charge is -2.39. The fraction of sp³-hybridized carbons (Fsp3) is 0.846. The molecule has 1 N–H and O–H groups in total. The van der Waals surface area contributed by atoms with Gasteiger partial charge in [0, 0.05) is 31.7 Å². The molecule has 2 aliphatic heterocycles. The van der Waals surface area contributed by atoms with Crippen LogP contribution < -0.4 is 0 Å². The van der Waals surface area contributed by atoms with Crippen molar-refractivity contribution in [3.63, 3.8) is 0 Å². The van der Waals surface area contributed by atoms with Gasteiger partial charge in [-0.2, -0.15) is 0 Å². The molecule has 0 aromatic carbocycles. The van der Waals surface area contributed by atoms with Gasteiger partial charge in [-0.1, -0.05) is 0 Å². The predicted molar refractivity (Wildman–Crippen MR) is 68.9 cm³/mol. The molecular weight excluding hydrogens is 246 g/mol. The van der Waals surface area contributed by atoms with E-state index in [9.17, 15) is 9.59 Å². The summed E-state index contributed by atoms with van der Waals surface area (Å²) in [6, 6.07) is 0.574. The first-order valence-electron chi connectivity index (χ1n) is 7.16. The summed E-state index contributed by atoms with van der Waals surface area (Å²) in [5.74, 6) is -0.917. The summed E-state index contributed by atoms with van der Waals surface area (Å²) in [5.41, 5.74) is 0. The predicted octanol–water partition coefficient (Wildman–Crippen LogP) is 0.435. The minimum atomic E-state index is -0.917. The molecule has 6 heteroatoms. The molecule has 0 aromatic heterocycles. The van der Waals surface area contributed by atoms with Gasteiger partial charge in [0.15, 0.2) is 0 Å². The number of carboxylic acid groups (broad SMARTS) is 1. The third-order valence-corrected chi connectivity index (χ3v) is 4.40. The van der Waals surface area contributed by atoms with Crippen LogP contribution in [0.5, 0.6) is 0 Å². The zero-order valence-electron chi connectivity index (χ0n) is 11.1. The SMILES string of the molecule is O=C(O)CN(C(=O)N1CCN2CCCC2C1)C1CC1. The summed E-state index contributed by atoms with van der Waals surface area (Å²) in [4.78, 5) is 29.2. The maximum Gasteiger partial charge on any atom is 0.323 e. The molecule has 1 aliphatic carbocycles. The second kappa shape index (κ2) is 5.00. The number of rotatable bonds is 3. The van der Waals surface area contributed by atoms with E-state index in [4.69, 9.17) is 5.11 Å². The van der Waals surface area contributed by atoms with Crippen molar-refractivity contribution < 1.29 is 14.7 Å². The van der Waals surface area contributed by atoms with Crippen molar-refractivity contribution in [3.8, 4) is 0 Å². The number of aliphatic carboxylic acids is 1. The van der Waals surface area contributed by atoms with E-state index < -0.39 is 5.97 Å². The zero-order chi connectivity index (χ0) is 13.4. The molecule has 19 heavy (non-hydrogen) atoms. The smallest absolute Gasteiger partial charge is 0.323 e. The van der Waals surface area contributed by atoms with Crippen LogP contribution in [0, 0.1) is 0 Å². The van der Waals surface area contributed by atoms with Crippen molar-refractivity contribution in [1.29, 1.82) is 0 Å². The molecule has 1 saturated carbocycles. The van der Waals surface area contributed by atoms with Gasteiger partial charge in [-0.15, -0.1) is 0 Å².